The van der Waals surface area contributed by atoms with Crippen molar-refractivity contribution in [2.24, 2.45) is 0 Å². The van der Waals surface area contributed by atoms with Crippen molar-refractivity contribution in [2.45, 2.75) is 26.1 Å². The fourth-order valence-electron chi connectivity index (χ4n) is 0.356. The van der Waals surface area contributed by atoms with Crippen LogP contribution in [0.25, 0.3) is 0 Å². The lowest BCUT2D eigenvalue weighted by Crippen LogP contribution is -2.19. The second kappa shape index (κ2) is 46.2. The van der Waals surface area contributed by atoms with E-state index in [-0.39, 0.29) is 12.7 Å². The van der Waals surface area contributed by atoms with Gasteiger partial charge in [0.25, 0.3) is 0 Å². The summed E-state index contributed by atoms with van der Waals surface area (Å²) in [6, 6.07) is 0. The molecule has 0 aromatic rings. The van der Waals surface area contributed by atoms with Gasteiger partial charge in [0.15, 0.2) is 0 Å². The van der Waals surface area contributed by atoms with Crippen molar-refractivity contribution in [1.29, 1.82) is 0 Å². The van der Waals surface area contributed by atoms with E-state index in [1.54, 1.807) is 13.8 Å². The standard InChI is InChI=1S/C6H14O3.4C2H4/c1-5(8)4-9-6(2)3-7;4*1-2/h5-8H,3-4H2,1-2H3;4*1-2H2. The summed E-state index contributed by atoms with van der Waals surface area (Å²) in [4.78, 5) is 0. The minimum Gasteiger partial charge on any atom is -0.394 e. The molecule has 2 unspecified atom stereocenters. The molecule has 17 heavy (non-hydrogen) atoms. The highest BCUT2D eigenvalue weighted by Crippen LogP contribution is 1.90. The molecule has 0 heterocycles. The van der Waals surface area contributed by atoms with E-state index in [1.165, 1.54) is 0 Å². The number of aliphatic hydroxyl groups is 2. The quantitative estimate of drug-likeness (QED) is 0.750. The predicted molar refractivity (Wildman–Crippen MR) is 79.2 cm³/mol. The van der Waals surface area contributed by atoms with Gasteiger partial charge in [-0.15, -0.1) is 52.6 Å². The molecule has 0 radical (unpaired) electrons. The van der Waals surface area contributed by atoms with Gasteiger partial charge >= 0.3 is 0 Å². The van der Waals surface area contributed by atoms with Crippen LogP contribution in [-0.2, 0) is 4.74 Å². The average molecular weight is 246 g/mol. The Kier molecular flexibility index (Phi) is 80.8. The van der Waals surface area contributed by atoms with Crippen LogP contribution in [0.5, 0.6) is 0 Å². The first-order chi connectivity index (χ1) is 8.16. The molecule has 0 amide bonds. The predicted octanol–water partition coefficient (Wildman–Crippen LogP) is 2.97. The van der Waals surface area contributed by atoms with Gasteiger partial charge in [-0.3, -0.25) is 0 Å². The van der Waals surface area contributed by atoms with Crippen LogP contribution in [0.3, 0.4) is 0 Å². The van der Waals surface area contributed by atoms with Crippen molar-refractivity contribution < 1.29 is 14.9 Å². The molecule has 0 aliphatic heterocycles. The Morgan fingerprint density at radius 2 is 1.18 bits per heavy atom. The Morgan fingerprint density at radius 1 is 0.882 bits per heavy atom. The van der Waals surface area contributed by atoms with E-state index in [0.29, 0.717) is 6.61 Å². The van der Waals surface area contributed by atoms with E-state index < -0.39 is 6.10 Å². The highest BCUT2D eigenvalue weighted by molar-refractivity contribution is 4.47. The molecule has 2 N–H and O–H groups in total. The van der Waals surface area contributed by atoms with E-state index in [0.717, 1.165) is 0 Å². The molecule has 104 valence electrons. The molecule has 0 spiro atoms. The van der Waals surface area contributed by atoms with Crippen LogP contribution in [0.15, 0.2) is 52.6 Å². The van der Waals surface area contributed by atoms with Crippen LogP contribution in [-0.4, -0.2) is 35.6 Å². The maximum Gasteiger partial charge on any atom is 0.0779 e. The molecule has 0 saturated heterocycles. The average Bonchev–Trinajstić information content (AvgIpc) is 2.45. The number of aliphatic hydroxyl groups excluding tert-OH is 2. The van der Waals surface area contributed by atoms with Gasteiger partial charge in [0.2, 0.25) is 0 Å². The second-order valence-electron chi connectivity index (χ2n) is 2.18. The van der Waals surface area contributed by atoms with Crippen molar-refractivity contribution in [1.82, 2.24) is 0 Å². The Labute approximate surface area is 107 Å². The molecule has 3 nitrogen and oxygen atoms in total. The molecule has 3 heteroatoms. The fraction of sp³-hybridized carbons (Fsp3) is 0.429. The molecule has 0 bridgehead atoms. The van der Waals surface area contributed by atoms with Gasteiger partial charge in [-0.25, -0.2) is 0 Å². The minimum absolute atomic E-state index is 0.00667. The van der Waals surface area contributed by atoms with Crippen LogP contribution in [0.2, 0.25) is 0 Å². The third kappa shape index (κ3) is 71.7. The molecule has 0 saturated carbocycles. The second-order valence-corrected chi connectivity index (χ2v) is 2.18. The molecular formula is C14H30O3. The number of hydrogen-bond donors (Lipinski definition) is 2. The van der Waals surface area contributed by atoms with Crippen LogP contribution >= 0.6 is 0 Å². The summed E-state index contributed by atoms with van der Waals surface area (Å²) in [6.45, 7) is 27.7. The molecule has 0 rings (SSSR count). The monoisotopic (exact) mass is 246 g/mol. The fourth-order valence-corrected chi connectivity index (χ4v) is 0.356. The Bertz CT molecular complexity index is 97.6. The maximum atomic E-state index is 8.69. The van der Waals surface area contributed by atoms with Gasteiger partial charge in [-0.2, -0.15) is 0 Å². The summed E-state index contributed by atoms with van der Waals surface area (Å²) in [6.07, 6.45) is -0.612. The molecule has 0 fully saturated rings. The highest BCUT2D eigenvalue weighted by atomic mass is 16.5. The summed E-state index contributed by atoms with van der Waals surface area (Å²) in [5.74, 6) is 0. The molecule has 0 aromatic heterocycles. The van der Waals surface area contributed by atoms with Crippen LogP contribution in [0.1, 0.15) is 13.8 Å². The lowest BCUT2D eigenvalue weighted by molar-refractivity contribution is -0.0177. The van der Waals surface area contributed by atoms with E-state index >= 15 is 0 Å². The molecule has 0 aliphatic carbocycles. The summed E-state index contributed by atoms with van der Waals surface area (Å²) < 4.78 is 4.95. The van der Waals surface area contributed by atoms with Gasteiger partial charge in [0, 0.05) is 0 Å². The number of ether oxygens (including phenoxy) is 1. The van der Waals surface area contributed by atoms with Crippen molar-refractivity contribution in [3.05, 3.63) is 52.6 Å². The van der Waals surface area contributed by atoms with Crippen molar-refractivity contribution >= 4 is 0 Å². The topological polar surface area (TPSA) is 49.7 Å². The molecular weight excluding hydrogens is 216 g/mol. The molecule has 2 atom stereocenters. The largest absolute Gasteiger partial charge is 0.394 e. The third-order valence-corrected chi connectivity index (χ3v) is 0.879. The first-order valence-corrected chi connectivity index (χ1v) is 5.07. The van der Waals surface area contributed by atoms with E-state index in [4.69, 9.17) is 14.9 Å². The Morgan fingerprint density at radius 3 is 1.35 bits per heavy atom. The lowest BCUT2D eigenvalue weighted by Gasteiger charge is -2.10. The summed E-state index contributed by atoms with van der Waals surface area (Å²) in [7, 11) is 0. The van der Waals surface area contributed by atoms with Gasteiger partial charge in [0.05, 0.1) is 25.4 Å². The zero-order valence-corrected chi connectivity index (χ0v) is 11.5. The van der Waals surface area contributed by atoms with Gasteiger partial charge in [-0.1, -0.05) is 0 Å². The maximum absolute atomic E-state index is 8.69. The van der Waals surface area contributed by atoms with Crippen molar-refractivity contribution in [3.63, 3.8) is 0 Å². The minimum atomic E-state index is -0.445. The zero-order valence-electron chi connectivity index (χ0n) is 11.5. The van der Waals surface area contributed by atoms with Crippen molar-refractivity contribution in [2.75, 3.05) is 13.2 Å². The van der Waals surface area contributed by atoms with Crippen LogP contribution in [0, 0.1) is 0 Å². The first kappa shape index (κ1) is 29.7. The van der Waals surface area contributed by atoms with E-state index in [1.807, 2.05) is 0 Å². The van der Waals surface area contributed by atoms with Gasteiger partial charge in [-0.05, 0) is 13.8 Å². The highest BCUT2D eigenvalue weighted by Gasteiger charge is 2.00. The van der Waals surface area contributed by atoms with Gasteiger partial charge in [0.1, 0.15) is 0 Å². The molecule has 0 aromatic carbocycles. The lowest BCUT2D eigenvalue weighted by atomic mass is 10.4. The first-order valence-electron chi connectivity index (χ1n) is 5.07. The van der Waals surface area contributed by atoms with E-state index in [2.05, 4.69) is 52.6 Å². The number of rotatable bonds is 4. The third-order valence-electron chi connectivity index (χ3n) is 0.879. The summed E-state index contributed by atoms with van der Waals surface area (Å²) in [5, 5.41) is 17.1. The summed E-state index contributed by atoms with van der Waals surface area (Å²) >= 11 is 0. The molecule has 0 aliphatic rings. The van der Waals surface area contributed by atoms with Crippen LogP contribution < -0.4 is 0 Å². The van der Waals surface area contributed by atoms with E-state index in [9.17, 15) is 0 Å². The normalized spacial score (nSPS) is 10.1. The zero-order chi connectivity index (χ0) is 15.3. The van der Waals surface area contributed by atoms with Crippen molar-refractivity contribution in [3.8, 4) is 0 Å². The van der Waals surface area contributed by atoms with Gasteiger partial charge < -0.3 is 14.9 Å². The Hall–Kier alpha value is -1.16. The summed E-state index contributed by atoms with van der Waals surface area (Å²) in [5.41, 5.74) is 0. The Balaban J connectivity index is -0.0000000507. The smallest absolute Gasteiger partial charge is 0.0779 e. The number of hydrogen-bond acceptors (Lipinski definition) is 3. The van der Waals surface area contributed by atoms with Crippen LogP contribution in [0.4, 0.5) is 0 Å². The SMILES string of the molecule is C=C.C=C.C=C.C=C.CC(O)COC(C)CO.